The van der Waals surface area contributed by atoms with Crippen LogP contribution >= 0.6 is 0 Å². The molecule has 0 bridgehead atoms. The van der Waals surface area contributed by atoms with E-state index in [2.05, 4.69) is 92.1 Å². The lowest BCUT2D eigenvalue weighted by Crippen LogP contribution is -2.60. The summed E-state index contributed by atoms with van der Waals surface area (Å²) in [5.74, 6) is -0.143. The maximum absolute atomic E-state index is 13.1. The SMILES string of the molecule is CC/C=C\C/C=C\C/C=C\C/C=C\C/C=C\C/C=C\CCCCCCCCCCCCCCCCCCCCC(=O)NC(COC1OC(CO)C(O)C(O)C1O)C(O)CCCCCCCCCCCCCCCC. The van der Waals surface area contributed by atoms with E-state index in [4.69, 9.17) is 9.47 Å². The van der Waals surface area contributed by atoms with E-state index in [-0.39, 0.29) is 12.5 Å². The van der Waals surface area contributed by atoms with Crippen LogP contribution in [0.3, 0.4) is 0 Å². The van der Waals surface area contributed by atoms with Gasteiger partial charge in [0.1, 0.15) is 24.4 Å². The van der Waals surface area contributed by atoms with Crippen molar-refractivity contribution < 1.29 is 39.8 Å². The van der Waals surface area contributed by atoms with E-state index in [0.29, 0.717) is 12.8 Å². The van der Waals surface area contributed by atoms with Crippen LogP contribution in [0.1, 0.15) is 277 Å². The van der Waals surface area contributed by atoms with Gasteiger partial charge in [-0.2, -0.15) is 0 Å². The summed E-state index contributed by atoms with van der Waals surface area (Å²) in [6.45, 7) is 3.74. The molecule has 9 nitrogen and oxygen atoms in total. The first-order valence-corrected chi connectivity index (χ1v) is 31.1. The van der Waals surface area contributed by atoms with Crippen molar-refractivity contribution in [1.82, 2.24) is 5.32 Å². The molecule has 430 valence electrons. The highest BCUT2D eigenvalue weighted by Crippen LogP contribution is 2.23. The largest absolute Gasteiger partial charge is 0.394 e. The summed E-state index contributed by atoms with van der Waals surface area (Å²) in [5, 5.41) is 54.7. The summed E-state index contributed by atoms with van der Waals surface area (Å²) in [7, 11) is 0. The summed E-state index contributed by atoms with van der Waals surface area (Å²) in [6, 6.07) is -0.720. The molecule has 0 spiro atoms. The number of hydrogen-bond donors (Lipinski definition) is 6. The van der Waals surface area contributed by atoms with E-state index in [1.807, 2.05) is 0 Å². The molecule has 0 aromatic heterocycles. The fraction of sp³-hybridized carbons (Fsp3) is 0.800. The predicted octanol–water partition coefficient (Wildman–Crippen LogP) is 16.0. The number of nitrogens with one attached hydrogen (secondary N) is 1. The zero-order chi connectivity index (χ0) is 53.6. The number of amides is 1. The fourth-order valence-electron chi connectivity index (χ4n) is 9.70. The number of aliphatic hydroxyl groups excluding tert-OH is 5. The van der Waals surface area contributed by atoms with Crippen molar-refractivity contribution in [2.75, 3.05) is 13.2 Å². The van der Waals surface area contributed by atoms with Crippen LogP contribution in [0.2, 0.25) is 0 Å². The summed E-state index contributed by atoms with van der Waals surface area (Å²) in [4.78, 5) is 13.1. The molecule has 1 amide bonds. The summed E-state index contributed by atoms with van der Waals surface area (Å²) in [5.41, 5.74) is 0. The van der Waals surface area contributed by atoms with Crippen molar-refractivity contribution in [2.45, 2.75) is 320 Å². The second-order valence-corrected chi connectivity index (χ2v) is 21.5. The Morgan fingerprint density at radius 3 is 1.24 bits per heavy atom. The number of carbonyl (C=O) groups excluding carboxylic acids is 1. The standard InChI is InChI=1S/C65H117NO8/c1-3-5-7-9-11-13-15-17-19-20-21-22-23-24-25-26-27-28-29-30-31-32-33-34-35-36-37-38-39-40-41-43-45-47-49-51-53-55-61(69)66-58(57-73-65-64(72)63(71)62(70)60(56-67)74-65)59(68)54-52-50-48-46-44-42-18-16-14-12-10-8-6-4-2/h5,7,11,13,17,19,21-22,24-25,27-28,58-60,62-65,67-68,70-72H,3-4,6,8-10,12,14-16,18,20,23,26,29-57H2,1-2H3,(H,66,69)/b7-5-,13-11-,19-17-,22-21-,25-24-,28-27-. The molecule has 1 fully saturated rings. The summed E-state index contributed by atoms with van der Waals surface area (Å²) < 4.78 is 11.3. The number of ether oxygens (including phenoxy) is 2. The molecule has 6 N–H and O–H groups in total. The summed E-state index contributed by atoms with van der Waals surface area (Å²) in [6.07, 6.45) is 68.1. The number of carbonyl (C=O) groups is 1. The minimum absolute atomic E-state index is 0.137. The first-order chi connectivity index (χ1) is 36.3. The van der Waals surface area contributed by atoms with Crippen LogP contribution in [0.4, 0.5) is 0 Å². The van der Waals surface area contributed by atoms with Crippen LogP contribution in [0, 0.1) is 0 Å². The molecule has 1 saturated heterocycles. The first kappa shape index (κ1) is 69.6. The monoisotopic (exact) mass is 1040 g/mol. The molecular formula is C65H117NO8. The summed E-state index contributed by atoms with van der Waals surface area (Å²) >= 11 is 0. The van der Waals surface area contributed by atoms with Crippen LogP contribution in [0.5, 0.6) is 0 Å². The van der Waals surface area contributed by atoms with Crippen molar-refractivity contribution in [1.29, 1.82) is 0 Å². The lowest BCUT2D eigenvalue weighted by atomic mass is 9.99. The van der Waals surface area contributed by atoms with E-state index in [1.54, 1.807) is 0 Å². The predicted molar refractivity (Wildman–Crippen MR) is 313 cm³/mol. The van der Waals surface area contributed by atoms with Gasteiger partial charge < -0.3 is 40.3 Å². The van der Waals surface area contributed by atoms with Gasteiger partial charge in [-0.3, -0.25) is 4.79 Å². The highest BCUT2D eigenvalue weighted by atomic mass is 16.7. The topological polar surface area (TPSA) is 149 Å². The quantitative estimate of drug-likeness (QED) is 0.0261. The van der Waals surface area contributed by atoms with Crippen LogP contribution < -0.4 is 5.32 Å². The third-order valence-electron chi connectivity index (χ3n) is 14.6. The van der Waals surface area contributed by atoms with E-state index in [9.17, 15) is 30.3 Å². The first-order valence-electron chi connectivity index (χ1n) is 31.1. The molecule has 1 aliphatic heterocycles. The van der Waals surface area contributed by atoms with Crippen molar-refractivity contribution >= 4 is 5.91 Å². The lowest BCUT2D eigenvalue weighted by Gasteiger charge is -2.40. The second kappa shape index (κ2) is 54.0. The van der Waals surface area contributed by atoms with Gasteiger partial charge in [-0.15, -0.1) is 0 Å². The van der Waals surface area contributed by atoms with E-state index >= 15 is 0 Å². The normalized spacial score (nSPS) is 19.5. The Bertz CT molecular complexity index is 1390. The van der Waals surface area contributed by atoms with Crippen LogP contribution in [0.15, 0.2) is 72.9 Å². The third-order valence-corrected chi connectivity index (χ3v) is 14.6. The van der Waals surface area contributed by atoms with Gasteiger partial charge >= 0.3 is 0 Å². The molecule has 1 aliphatic rings. The Hall–Kier alpha value is -2.37. The minimum atomic E-state index is -1.55. The van der Waals surface area contributed by atoms with Crippen LogP contribution in [-0.2, 0) is 14.3 Å². The van der Waals surface area contributed by atoms with Gasteiger partial charge in [-0.05, 0) is 64.2 Å². The fourth-order valence-corrected chi connectivity index (χ4v) is 9.70. The van der Waals surface area contributed by atoms with Crippen molar-refractivity contribution in [3.05, 3.63) is 72.9 Å². The number of hydrogen-bond acceptors (Lipinski definition) is 8. The molecule has 0 saturated carbocycles. The van der Waals surface area contributed by atoms with E-state index in [1.165, 1.54) is 173 Å². The van der Waals surface area contributed by atoms with Gasteiger partial charge in [0.25, 0.3) is 0 Å². The lowest BCUT2D eigenvalue weighted by molar-refractivity contribution is -0.302. The van der Waals surface area contributed by atoms with Crippen molar-refractivity contribution in [3.63, 3.8) is 0 Å². The number of allylic oxidation sites excluding steroid dienone is 12. The van der Waals surface area contributed by atoms with Crippen LogP contribution in [0.25, 0.3) is 0 Å². The van der Waals surface area contributed by atoms with Gasteiger partial charge in [-0.25, -0.2) is 0 Å². The van der Waals surface area contributed by atoms with Crippen molar-refractivity contribution in [3.8, 4) is 0 Å². The smallest absolute Gasteiger partial charge is 0.220 e. The minimum Gasteiger partial charge on any atom is -0.394 e. The zero-order valence-corrected chi connectivity index (χ0v) is 47.8. The van der Waals surface area contributed by atoms with Gasteiger partial charge in [-0.1, -0.05) is 279 Å². The molecule has 0 aromatic carbocycles. The second-order valence-electron chi connectivity index (χ2n) is 21.5. The maximum atomic E-state index is 13.1. The maximum Gasteiger partial charge on any atom is 0.220 e. The van der Waals surface area contributed by atoms with E-state index in [0.717, 1.165) is 77.0 Å². The Balaban J connectivity index is 2.08. The molecule has 7 unspecified atom stereocenters. The van der Waals surface area contributed by atoms with Gasteiger partial charge in [0.15, 0.2) is 6.29 Å². The average molecular weight is 1040 g/mol. The Morgan fingerprint density at radius 2 is 0.838 bits per heavy atom. The Morgan fingerprint density at radius 1 is 0.473 bits per heavy atom. The molecule has 74 heavy (non-hydrogen) atoms. The molecule has 0 radical (unpaired) electrons. The number of rotatable bonds is 53. The molecule has 9 heteroatoms. The molecule has 7 atom stereocenters. The highest BCUT2D eigenvalue weighted by Gasteiger charge is 2.44. The molecule has 1 rings (SSSR count). The Kier molecular flexibility index (Phi) is 50.8. The Labute approximate surface area is 455 Å². The molecule has 1 heterocycles. The number of aliphatic hydroxyl groups is 5. The van der Waals surface area contributed by atoms with Crippen LogP contribution in [-0.4, -0.2) is 87.5 Å². The molecule has 0 aromatic rings. The van der Waals surface area contributed by atoms with Gasteiger partial charge in [0.05, 0.1) is 25.4 Å². The van der Waals surface area contributed by atoms with Gasteiger partial charge in [0, 0.05) is 6.42 Å². The number of unbranched alkanes of at least 4 members (excludes halogenated alkanes) is 31. The molecule has 0 aliphatic carbocycles. The average Bonchev–Trinajstić information content (AvgIpc) is 3.40. The highest BCUT2D eigenvalue weighted by molar-refractivity contribution is 5.76. The zero-order valence-electron chi connectivity index (χ0n) is 47.8. The van der Waals surface area contributed by atoms with Gasteiger partial charge in [0.2, 0.25) is 5.91 Å². The third kappa shape index (κ3) is 42.7. The van der Waals surface area contributed by atoms with Crippen molar-refractivity contribution in [2.24, 2.45) is 0 Å². The van der Waals surface area contributed by atoms with E-state index < -0.39 is 49.5 Å². The molecular weight excluding hydrogens is 923 g/mol.